The van der Waals surface area contributed by atoms with Gasteiger partial charge in [0.25, 0.3) is 0 Å². The largest absolute Gasteiger partial charge is 0.312 e. The Morgan fingerprint density at radius 1 is 1.06 bits per heavy atom. The van der Waals surface area contributed by atoms with Gasteiger partial charge in [0.2, 0.25) is 0 Å². The lowest BCUT2D eigenvalue weighted by Crippen LogP contribution is -2.46. The molecule has 0 bridgehead atoms. The second-order valence-electron chi connectivity index (χ2n) is 6.84. The van der Waals surface area contributed by atoms with Crippen LogP contribution in [0.4, 0.5) is 0 Å². The summed E-state index contributed by atoms with van der Waals surface area (Å²) < 4.78 is 0. The fourth-order valence-corrected chi connectivity index (χ4v) is 3.80. The third kappa shape index (κ3) is 3.96. The molecule has 2 nitrogen and oxygen atoms in total. The van der Waals surface area contributed by atoms with Crippen LogP contribution >= 0.6 is 0 Å². The molecule has 0 aromatic rings. The Bertz CT molecular complexity index is 241. The van der Waals surface area contributed by atoms with Crippen LogP contribution in [-0.2, 0) is 0 Å². The van der Waals surface area contributed by atoms with Crippen molar-refractivity contribution < 1.29 is 0 Å². The van der Waals surface area contributed by atoms with Crippen molar-refractivity contribution >= 4 is 0 Å². The van der Waals surface area contributed by atoms with Gasteiger partial charge in [-0.15, -0.1) is 0 Å². The first-order valence-electron chi connectivity index (χ1n) is 8.14. The van der Waals surface area contributed by atoms with E-state index in [1.807, 2.05) is 0 Å². The molecule has 0 spiro atoms. The van der Waals surface area contributed by atoms with Crippen LogP contribution in [0.2, 0.25) is 0 Å². The summed E-state index contributed by atoms with van der Waals surface area (Å²) in [6.07, 6.45) is 8.48. The lowest BCUT2D eigenvalue weighted by molar-refractivity contribution is 0.127. The average molecular weight is 252 g/mol. The molecule has 4 unspecified atom stereocenters. The number of piperidine rings is 1. The van der Waals surface area contributed by atoms with E-state index in [0.717, 1.165) is 23.9 Å². The number of rotatable bonds is 4. The Morgan fingerprint density at radius 3 is 2.56 bits per heavy atom. The number of hydrogen-bond acceptors (Lipinski definition) is 2. The second-order valence-corrected chi connectivity index (χ2v) is 6.84. The fourth-order valence-electron chi connectivity index (χ4n) is 3.80. The van der Waals surface area contributed by atoms with Gasteiger partial charge in [0.15, 0.2) is 0 Å². The Labute approximate surface area is 114 Å². The second kappa shape index (κ2) is 6.91. The topological polar surface area (TPSA) is 15.3 Å². The molecular formula is C16H32N2. The molecule has 0 aromatic carbocycles. The standard InChI is InChI=1S/C16H32N2/c1-13-8-10-18(15(3)12-13)11-9-17-16-7-5-4-6-14(16)2/h13-17H,4-12H2,1-3H3. The van der Waals surface area contributed by atoms with Crippen LogP contribution in [0.15, 0.2) is 0 Å². The van der Waals surface area contributed by atoms with E-state index >= 15 is 0 Å². The van der Waals surface area contributed by atoms with Gasteiger partial charge >= 0.3 is 0 Å². The highest BCUT2D eigenvalue weighted by Crippen LogP contribution is 2.24. The molecule has 0 radical (unpaired) electrons. The summed E-state index contributed by atoms with van der Waals surface area (Å²) in [5.41, 5.74) is 0. The van der Waals surface area contributed by atoms with Gasteiger partial charge in [-0.3, -0.25) is 4.90 Å². The van der Waals surface area contributed by atoms with Crippen LogP contribution in [0.1, 0.15) is 59.3 Å². The normalized spacial score (nSPS) is 38.8. The van der Waals surface area contributed by atoms with Crippen LogP contribution in [0.25, 0.3) is 0 Å². The highest BCUT2D eigenvalue weighted by molar-refractivity contribution is 4.80. The van der Waals surface area contributed by atoms with Crippen LogP contribution in [0, 0.1) is 11.8 Å². The minimum absolute atomic E-state index is 0.790. The Balaban J connectivity index is 1.65. The van der Waals surface area contributed by atoms with Crippen LogP contribution in [0.3, 0.4) is 0 Å². The van der Waals surface area contributed by atoms with E-state index in [1.54, 1.807) is 0 Å². The Hall–Kier alpha value is -0.0800. The van der Waals surface area contributed by atoms with E-state index in [-0.39, 0.29) is 0 Å². The summed E-state index contributed by atoms with van der Waals surface area (Å²) in [6.45, 7) is 11.0. The van der Waals surface area contributed by atoms with E-state index in [1.165, 1.54) is 58.2 Å². The summed E-state index contributed by atoms with van der Waals surface area (Å²) in [5.74, 6) is 1.82. The first-order chi connectivity index (χ1) is 8.66. The molecular weight excluding hydrogens is 220 g/mol. The lowest BCUT2D eigenvalue weighted by Gasteiger charge is -2.37. The van der Waals surface area contributed by atoms with Crippen molar-refractivity contribution in [3.05, 3.63) is 0 Å². The molecule has 2 rings (SSSR count). The minimum atomic E-state index is 0.790. The van der Waals surface area contributed by atoms with E-state index in [9.17, 15) is 0 Å². The maximum Gasteiger partial charge on any atom is 0.0110 e. The third-order valence-electron chi connectivity index (χ3n) is 5.19. The van der Waals surface area contributed by atoms with Gasteiger partial charge in [-0.1, -0.05) is 26.7 Å². The molecule has 18 heavy (non-hydrogen) atoms. The zero-order chi connectivity index (χ0) is 13.0. The molecule has 1 saturated carbocycles. The van der Waals surface area contributed by atoms with Gasteiger partial charge in [0.05, 0.1) is 0 Å². The quantitative estimate of drug-likeness (QED) is 0.826. The molecule has 1 aliphatic carbocycles. The molecule has 1 heterocycles. The van der Waals surface area contributed by atoms with Gasteiger partial charge in [0, 0.05) is 25.2 Å². The first-order valence-corrected chi connectivity index (χ1v) is 8.14. The minimum Gasteiger partial charge on any atom is -0.312 e. The van der Waals surface area contributed by atoms with Gasteiger partial charge in [0.1, 0.15) is 0 Å². The van der Waals surface area contributed by atoms with Gasteiger partial charge in [-0.2, -0.15) is 0 Å². The van der Waals surface area contributed by atoms with Gasteiger partial charge < -0.3 is 5.32 Å². The zero-order valence-corrected chi connectivity index (χ0v) is 12.6. The highest BCUT2D eigenvalue weighted by atomic mass is 15.2. The lowest BCUT2D eigenvalue weighted by atomic mass is 9.86. The van der Waals surface area contributed by atoms with Crippen molar-refractivity contribution in [2.75, 3.05) is 19.6 Å². The van der Waals surface area contributed by atoms with Crippen molar-refractivity contribution in [1.29, 1.82) is 0 Å². The van der Waals surface area contributed by atoms with E-state index in [0.29, 0.717) is 0 Å². The van der Waals surface area contributed by atoms with Crippen LogP contribution < -0.4 is 5.32 Å². The van der Waals surface area contributed by atoms with Crippen molar-refractivity contribution in [3.8, 4) is 0 Å². The van der Waals surface area contributed by atoms with Crippen molar-refractivity contribution in [2.45, 2.75) is 71.4 Å². The smallest absolute Gasteiger partial charge is 0.0110 e. The SMILES string of the molecule is CC1CCN(CCNC2CCCCC2C)C(C)C1. The molecule has 0 amide bonds. The molecule has 2 heteroatoms. The summed E-state index contributed by atoms with van der Waals surface area (Å²) in [4.78, 5) is 2.68. The van der Waals surface area contributed by atoms with Gasteiger partial charge in [-0.05, 0) is 51.0 Å². The highest BCUT2D eigenvalue weighted by Gasteiger charge is 2.24. The summed E-state index contributed by atoms with van der Waals surface area (Å²) >= 11 is 0. The van der Waals surface area contributed by atoms with E-state index in [2.05, 4.69) is 31.0 Å². The molecule has 2 fully saturated rings. The maximum atomic E-state index is 3.81. The predicted molar refractivity (Wildman–Crippen MR) is 78.9 cm³/mol. The monoisotopic (exact) mass is 252 g/mol. The number of nitrogens with one attached hydrogen (secondary N) is 1. The Morgan fingerprint density at radius 2 is 1.83 bits per heavy atom. The van der Waals surface area contributed by atoms with Gasteiger partial charge in [-0.25, -0.2) is 0 Å². The number of likely N-dealkylation sites (tertiary alicyclic amines) is 1. The van der Waals surface area contributed by atoms with E-state index < -0.39 is 0 Å². The molecule has 2 aliphatic rings. The molecule has 1 saturated heterocycles. The fraction of sp³-hybridized carbons (Fsp3) is 1.00. The number of nitrogens with zero attached hydrogens (tertiary/aromatic N) is 1. The third-order valence-corrected chi connectivity index (χ3v) is 5.19. The molecule has 1 N–H and O–H groups in total. The van der Waals surface area contributed by atoms with Crippen molar-refractivity contribution in [2.24, 2.45) is 11.8 Å². The summed E-state index contributed by atoms with van der Waals surface area (Å²) in [5, 5.41) is 3.81. The molecule has 106 valence electrons. The van der Waals surface area contributed by atoms with E-state index in [4.69, 9.17) is 0 Å². The van der Waals surface area contributed by atoms with Crippen LogP contribution in [-0.4, -0.2) is 36.6 Å². The Kier molecular flexibility index (Phi) is 5.50. The zero-order valence-electron chi connectivity index (χ0n) is 12.6. The van der Waals surface area contributed by atoms with Crippen LogP contribution in [0.5, 0.6) is 0 Å². The maximum absolute atomic E-state index is 3.81. The first kappa shape index (κ1) is 14.3. The summed E-state index contributed by atoms with van der Waals surface area (Å²) in [6, 6.07) is 1.58. The summed E-state index contributed by atoms with van der Waals surface area (Å²) in [7, 11) is 0. The molecule has 4 atom stereocenters. The number of hydrogen-bond donors (Lipinski definition) is 1. The molecule has 0 aromatic heterocycles. The average Bonchev–Trinajstić information content (AvgIpc) is 2.34. The van der Waals surface area contributed by atoms with Crippen molar-refractivity contribution in [1.82, 2.24) is 10.2 Å². The molecule has 1 aliphatic heterocycles. The predicted octanol–water partition coefficient (Wildman–Crippen LogP) is 3.28. The van der Waals surface area contributed by atoms with Crippen molar-refractivity contribution in [3.63, 3.8) is 0 Å².